The average molecular weight is 269 g/mol. The van der Waals surface area contributed by atoms with E-state index < -0.39 is 29.9 Å². The fraction of sp³-hybridized carbons (Fsp3) is 0.750. The van der Waals surface area contributed by atoms with Crippen molar-refractivity contribution >= 4 is 17.9 Å². The molecule has 2 rings (SSSR count). The zero-order valence-corrected chi connectivity index (χ0v) is 10.8. The van der Waals surface area contributed by atoms with Gasteiger partial charge < -0.3 is 16.2 Å². The summed E-state index contributed by atoms with van der Waals surface area (Å²) in [5.41, 5.74) is 4.88. The Kier molecular flexibility index (Phi) is 3.75. The number of fused-ring (bicyclic) bond motifs is 2. The molecule has 0 saturated heterocycles. The van der Waals surface area contributed by atoms with Crippen LogP contribution >= 0.6 is 0 Å². The number of carboxylic acids is 1. The second-order valence-corrected chi connectivity index (χ2v) is 5.46. The van der Waals surface area contributed by atoms with Crippen LogP contribution in [0.1, 0.15) is 26.2 Å². The van der Waals surface area contributed by atoms with Crippen LogP contribution in [0.2, 0.25) is 0 Å². The third kappa shape index (κ3) is 2.70. The van der Waals surface area contributed by atoms with Crippen molar-refractivity contribution in [2.45, 2.75) is 38.3 Å². The number of rotatable bonds is 4. The summed E-state index contributed by atoms with van der Waals surface area (Å²) >= 11 is 0. The van der Waals surface area contributed by atoms with Gasteiger partial charge in [0.2, 0.25) is 5.91 Å². The Hall–Kier alpha value is -1.63. The lowest BCUT2D eigenvalue weighted by molar-refractivity contribution is -0.144. The lowest BCUT2D eigenvalue weighted by atomic mass is 9.84. The van der Waals surface area contributed by atoms with Crippen molar-refractivity contribution in [2.75, 3.05) is 0 Å². The molecule has 2 fully saturated rings. The van der Waals surface area contributed by atoms with Gasteiger partial charge in [0, 0.05) is 6.04 Å². The number of hydrogen-bond acceptors (Lipinski definition) is 4. The van der Waals surface area contributed by atoms with E-state index in [2.05, 4.69) is 5.32 Å². The summed E-state index contributed by atoms with van der Waals surface area (Å²) < 4.78 is 0. The molecule has 5 N–H and O–H groups in total. The fourth-order valence-corrected chi connectivity index (χ4v) is 3.48. The molecule has 0 radical (unpaired) electrons. The van der Waals surface area contributed by atoms with Crippen molar-refractivity contribution in [3.05, 3.63) is 0 Å². The molecule has 2 aliphatic rings. The normalized spacial score (nSPS) is 33.9. The Morgan fingerprint density at radius 2 is 1.89 bits per heavy atom. The number of nitrogens with one attached hydrogen (secondary N) is 2. The molecule has 7 heteroatoms. The van der Waals surface area contributed by atoms with E-state index in [1.54, 1.807) is 6.92 Å². The molecule has 2 saturated carbocycles. The van der Waals surface area contributed by atoms with Crippen molar-refractivity contribution < 1.29 is 19.5 Å². The minimum absolute atomic E-state index is 0.200. The minimum atomic E-state index is -0.902. The van der Waals surface area contributed by atoms with Gasteiger partial charge in [-0.25, -0.2) is 4.79 Å². The van der Waals surface area contributed by atoms with Crippen LogP contribution in [0.15, 0.2) is 0 Å². The highest BCUT2D eigenvalue weighted by atomic mass is 16.4. The summed E-state index contributed by atoms with van der Waals surface area (Å²) in [5.74, 6) is -1.28. The Balaban J connectivity index is 1.99. The maximum Gasteiger partial charge on any atom is 0.318 e. The van der Waals surface area contributed by atoms with Crippen molar-refractivity contribution in [2.24, 2.45) is 23.5 Å². The topological polar surface area (TPSA) is 122 Å². The van der Waals surface area contributed by atoms with Crippen LogP contribution in [-0.2, 0) is 9.59 Å². The molecule has 0 heterocycles. The van der Waals surface area contributed by atoms with Gasteiger partial charge in [-0.2, -0.15) is 0 Å². The van der Waals surface area contributed by atoms with Crippen molar-refractivity contribution in [1.29, 1.82) is 0 Å². The molecule has 19 heavy (non-hydrogen) atoms. The van der Waals surface area contributed by atoms with E-state index in [9.17, 15) is 19.5 Å². The Labute approximate surface area is 110 Å². The van der Waals surface area contributed by atoms with Gasteiger partial charge in [-0.15, -0.1) is 0 Å². The Morgan fingerprint density at radius 1 is 1.26 bits per heavy atom. The molecule has 5 atom stereocenters. The number of nitrogens with two attached hydrogens (primary N) is 1. The van der Waals surface area contributed by atoms with Gasteiger partial charge in [0.1, 0.15) is 0 Å². The number of carbonyl (C=O) groups is 3. The maximum atomic E-state index is 11.6. The average Bonchev–Trinajstić information content (AvgIpc) is 2.87. The van der Waals surface area contributed by atoms with E-state index in [1.165, 1.54) is 0 Å². The molecule has 5 unspecified atom stereocenters. The van der Waals surface area contributed by atoms with E-state index in [1.807, 2.05) is 5.32 Å². The van der Waals surface area contributed by atoms with Crippen molar-refractivity contribution in [1.82, 2.24) is 10.6 Å². The SMILES string of the molecule is CC(NC1C2CCC(C2)C1C(=O)O)C(=O)NC(N)=O. The molecule has 2 aliphatic carbocycles. The summed E-state index contributed by atoms with van der Waals surface area (Å²) in [7, 11) is 0. The zero-order valence-electron chi connectivity index (χ0n) is 10.8. The standard InChI is InChI=1S/C12H19N3O4/c1-5(10(16)15-12(13)19)14-9-7-3-2-6(4-7)8(9)11(17)18/h5-9,14H,2-4H2,1H3,(H,17,18)(H3,13,15,16,19). The maximum absolute atomic E-state index is 11.6. The first-order valence-corrected chi connectivity index (χ1v) is 6.49. The van der Waals surface area contributed by atoms with E-state index in [0.29, 0.717) is 5.92 Å². The van der Waals surface area contributed by atoms with Gasteiger partial charge in [-0.3, -0.25) is 14.9 Å². The molecule has 0 aliphatic heterocycles. The first-order valence-electron chi connectivity index (χ1n) is 6.49. The lowest BCUT2D eigenvalue weighted by Gasteiger charge is -2.31. The first kappa shape index (κ1) is 13.8. The number of amides is 3. The van der Waals surface area contributed by atoms with Crippen LogP contribution < -0.4 is 16.4 Å². The Morgan fingerprint density at radius 3 is 2.47 bits per heavy atom. The Bertz CT molecular complexity index is 412. The summed E-state index contributed by atoms with van der Waals surface area (Å²) in [4.78, 5) is 33.5. The van der Waals surface area contributed by atoms with Gasteiger partial charge in [-0.05, 0) is 38.0 Å². The van der Waals surface area contributed by atoms with E-state index in [4.69, 9.17) is 5.73 Å². The van der Waals surface area contributed by atoms with Crippen LogP contribution in [0.5, 0.6) is 0 Å². The third-order valence-corrected chi connectivity index (χ3v) is 4.28. The second kappa shape index (κ2) is 5.16. The predicted molar refractivity (Wildman–Crippen MR) is 66.1 cm³/mol. The highest BCUT2D eigenvalue weighted by Gasteiger charge is 2.51. The number of imide groups is 1. The third-order valence-electron chi connectivity index (χ3n) is 4.28. The highest BCUT2D eigenvalue weighted by molar-refractivity contribution is 5.96. The van der Waals surface area contributed by atoms with Gasteiger partial charge in [0.25, 0.3) is 0 Å². The monoisotopic (exact) mass is 269 g/mol. The van der Waals surface area contributed by atoms with Crippen LogP contribution in [0.4, 0.5) is 4.79 Å². The molecule has 106 valence electrons. The quantitative estimate of drug-likeness (QED) is 0.556. The molecule has 0 aromatic carbocycles. The number of carbonyl (C=O) groups excluding carboxylic acids is 2. The van der Waals surface area contributed by atoms with Gasteiger partial charge >= 0.3 is 12.0 Å². The number of hydrogen-bond donors (Lipinski definition) is 4. The smallest absolute Gasteiger partial charge is 0.318 e. The molecule has 3 amide bonds. The van der Waals surface area contributed by atoms with Crippen molar-refractivity contribution in [3.63, 3.8) is 0 Å². The van der Waals surface area contributed by atoms with Crippen LogP contribution in [0.3, 0.4) is 0 Å². The lowest BCUT2D eigenvalue weighted by Crippen LogP contribution is -2.53. The summed E-state index contributed by atoms with van der Waals surface area (Å²) in [6, 6.07) is -1.75. The van der Waals surface area contributed by atoms with E-state index in [-0.39, 0.29) is 12.0 Å². The van der Waals surface area contributed by atoms with Crippen molar-refractivity contribution in [3.8, 4) is 0 Å². The highest BCUT2D eigenvalue weighted by Crippen LogP contribution is 2.48. The molecule has 0 aromatic rings. The summed E-state index contributed by atoms with van der Waals surface area (Å²) in [5, 5.41) is 14.3. The molecule has 0 spiro atoms. The van der Waals surface area contributed by atoms with Gasteiger partial charge in [-0.1, -0.05) is 0 Å². The molecule has 7 nitrogen and oxygen atoms in total. The predicted octanol–water partition coefficient (Wildman–Crippen LogP) is -0.341. The van der Waals surface area contributed by atoms with E-state index in [0.717, 1.165) is 19.3 Å². The number of urea groups is 1. The summed E-state index contributed by atoms with van der Waals surface area (Å²) in [6.07, 6.45) is 2.84. The second-order valence-electron chi connectivity index (χ2n) is 5.46. The summed E-state index contributed by atoms with van der Waals surface area (Å²) in [6.45, 7) is 1.60. The van der Waals surface area contributed by atoms with E-state index >= 15 is 0 Å². The molecular formula is C12H19N3O4. The number of carboxylic acid groups (broad SMARTS) is 1. The number of aliphatic carboxylic acids is 1. The number of primary amides is 1. The van der Waals surface area contributed by atoms with Gasteiger partial charge in [0.05, 0.1) is 12.0 Å². The largest absolute Gasteiger partial charge is 0.481 e. The van der Waals surface area contributed by atoms with Crippen LogP contribution in [0, 0.1) is 17.8 Å². The molecule has 2 bridgehead atoms. The zero-order chi connectivity index (χ0) is 14.2. The first-order chi connectivity index (χ1) is 8.90. The molecule has 0 aromatic heterocycles. The van der Waals surface area contributed by atoms with Crippen LogP contribution in [-0.4, -0.2) is 35.1 Å². The van der Waals surface area contributed by atoms with Crippen LogP contribution in [0.25, 0.3) is 0 Å². The molecular weight excluding hydrogens is 250 g/mol. The van der Waals surface area contributed by atoms with Gasteiger partial charge in [0.15, 0.2) is 0 Å². The minimum Gasteiger partial charge on any atom is -0.481 e. The fourth-order valence-electron chi connectivity index (χ4n) is 3.48.